The van der Waals surface area contributed by atoms with Gasteiger partial charge < -0.3 is 15.1 Å². The molecular weight excluding hydrogens is 222 g/mol. The van der Waals surface area contributed by atoms with Crippen LogP contribution in [-0.4, -0.2) is 61.7 Å². The van der Waals surface area contributed by atoms with Gasteiger partial charge in [0.1, 0.15) is 0 Å². The smallest absolute Gasteiger partial charge is 0.00940 e. The monoisotopic (exact) mass is 255 g/mol. The predicted molar refractivity (Wildman–Crippen MR) is 80.1 cm³/mol. The Morgan fingerprint density at radius 1 is 1.33 bits per heavy atom. The molecule has 1 aliphatic rings. The fourth-order valence-electron chi connectivity index (χ4n) is 2.53. The van der Waals surface area contributed by atoms with Gasteiger partial charge in [0, 0.05) is 18.1 Å². The number of hydrogen-bond donors (Lipinski definition) is 1. The van der Waals surface area contributed by atoms with Crippen LogP contribution in [-0.2, 0) is 0 Å². The molecule has 1 N–H and O–H groups in total. The Morgan fingerprint density at radius 3 is 2.67 bits per heavy atom. The second kappa shape index (κ2) is 8.13. The van der Waals surface area contributed by atoms with Crippen LogP contribution in [0.4, 0.5) is 0 Å². The Kier molecular flexibility index (Phi) is 7.20. The molecule has 1 rings (SSSR count). The van der Waals surface area contributed by atoms with Gasteiger partial charge in [-0.1, -0.05) is 0 Å². The summed E-state index contributed by atoms with van der Waals surface area (Å²) in [7, 11) is 4.46. The summed E-state index contributed by atoms with van der Waals surface area (Å²) < 4.78 is 0. The quantitative estimate of drug-likeness (QED) is 0.704. The number of rotatable bonds is 7. The molecule has 0 aliphatic carbocycles. The second-order valence-corrected chi connectivity index (χ2v) is 6.29. The molecule has 0 aromatic heterocycles. The Morgan fingerprint density at radius 2 is 2.06 bits per heavy atom. The molecule has 18 heavy (non-hydrogen) atoms. The van der Waals surface area contributed by atoms with Crippen molar-refractivity contribution in [3.05, 3.63) is 0 Å². The Labute approximate surface area is 114 Å². The Hall–Kier alpha value is -0.120. The van der Waals surface area contributed by atoms with E-state index in [-0.39, 0.29) is 0 Å². The number of hydrogen-bond acceptors (Lipinski definition) is 3. The SMILES string of the molecule is CC(C)N(C)CCCCNC1CCN(C)C(C)C1. The fourth-order valence-corrected chi connectivity index (χ4v) is 2.53. The van der Waals surface area contributed by atoms with E-state index in [2.05, 4.69) is 50.0 Å². The summed E-state index contributed by atoms with van der Waals surface area (Å²) in [6, 6.07) is 2.16. The van der Waals surface area contributed by atoms with Crippen molar-refractivity contribution in [3.8, 4) is 0 Å². The van der Waals surface area contributed by atoms with E-state index in [1.165, 1.54) is 45.3 Å². The van der Waals surface area contributed by atoms with E-state index >= 15 is 0 Å². The third-order valence-corrected chi connectivity index (χ3v) is 4.46. The third-order valence-electron chi connectivity index (χ3n) is 4.46. The number of nitrogens with zero attached hydrogens (tertiary/aromatic N) is 2. The summed E-state index contributed by atoms with van der Waals surface area (Å²) in [5, 5.41) is 3.73. The molecule has 1 heterocycles. The van der Waals surface area contributed by atoms with E-state index in [9.17, 15) is 0 Å². The maximum atomic E-state index is 3.73. The van der Waals surface area contributed by atoms with Crippen LogP contribution in [0.2, 0.25) is 0 Å². The summed E-state index contributed by atoms with van der Waals surface area (Å²) in [6.07, 6.45) is 5.23. The molecular formula is C15H33N3. The minimum absolute atomic E-state index is 0.674. The largest absolute Gasteiger partial charge is 0.314 e. The van der Waals surface area contributed by atoms with Crippen molar-refractivity contribution in [2.24, 2.45) is 0 Å². The van der Waals surface area contributed by atoms with Crippen molar-refractivity contribution in [3.63, 3.8) is 0 Å². The maximum absolute atomic E-state index is 3.73. The molecule has 0 saturated carbocycles. The summed E-state index contributed by atoms with van der Waals surface area (Å²) in [6.45, 7) is 10.5. The molecule has 3 nitrogen and oxygen atoms in total. The van der Waals surface area contributed by atoms with Crippen molar-refractivity contribution in [2.75, 3.05) is 33.7 Å². The lowest BCUT2D eigenvalue weighted by molar-refractivity contribution is 0.168. The number of nitrogens with one attached hydrogen (secondary N) is 1. The van der Waals surface area contributed by atoms with Crippen LogP contribution in [0.1, 0.15) is 46.5 Å². The lowest BCUT2D eigenvalue weighted by Gasteiger charge is -2.35. The lowest BCUT2D eigenvalue weighted by Crippen LogP contribution is -2.45. The zero-order valence-corrected chi connectivity index (χ0v) is 13.1. The molecule has 0 spiro atoms. The van der Waals surface area contributed by atoms with Crippen molar-refractivity contribution in [1.29, 1.82) is 0 Å². The van der Waals surface area contributed by atoms with Gasteiger partial charge in [0.25, 0.3) is 0 Å². The van der Waals surface area contributed by atoms with E-state index in [1.807, 2.05) is 0 Å². The average Bonchev–Trinajstić information content (AvgIpc) is 2.32. The first-order valence-corrected chi connectivity index (χ1v) is 7.64. The third kappa shape index (κ3) is 5.68. The summed E-state index contributed by atoms with van der Waals surface area (Å²) >= 11 is 0. The minimum Gasteiger partial charge on any atom is -0.314 e. The first kappa shape index (κ1) is 15.9. The molecule has 2 unspecified atom stereocenters. The van der Waals surface area contributed by atoms with Crippen LogP contribution in [0.15, 0.2) is 0 Å². The zero-order valence-electron chi connectivity index (χ0n) is 13.1. The van der Waals surface area contributed by atoms with E-state index in [1.54, 1.807) is 0 Å². The highest BCUT2D eigenvalue weighted by molar-refractivity contribution is 4.80. The number of piperidine rings is 1. The van der Waals surface area contributed by atoms with Crippen LogP contribution < -0.4 is 5.32 Å². The van der Waals surface area contributed by atoms with Gasteiger partial charge in [-0.25, -0.2) is 0 Å². The molecule has 108 valence electrons. The summed E-state index contributed by atoms with van der Waals surface area (Å²) in [4.78, 5) is 4.90. The van der Waals surface area contributed by atoms with E-state index in [0.29, 0.717) is 6.04 Å². The van der Waals surface area contributed by atoms with Crippen molar-refractivity contribution < 1.29 is 0 Å². The van der Waals surface area contributed by atoms with E-state index in [4.69, 9.17) is 0 Å². The highest BCUT2D eigenvalue weighted by atomic mass is 15.1. The van der Waals surface area contributed by atoms with Crippen LogP contribution in [0.25, 0.3) is 0 Å². The van der Waals surface area contributed by atoms with Crippen molar-refractivity contribution in [1.82, 2.24) is 15.1 Å². The Bertz CT molecular complexity index is 218. The first-order chi connectivity index (χ1) is 8.50. The number of likely N-dealkylation sites (tertiary alicyclic amines) is 1. The molecule has 0 bridgehead atoms. The fraction of sp³-hybridized carbons (Fsp3) is 1.00. The van der Waals surface area contributed by atoms with Gasteiger partial charge in [0.15, 0.2) is 0 Å². The molecule has 0 radical (unpaired) electrons. The standard InChI is InChI=1S/C15H33N3/c1-13(2)17(4)10-7-6-9-16-15-8-11-18(5)14(3)12-15/h13-16H,6-12H2,1-5H3. The number of unbranched alkanes of at least 4 members (excludes halogenated alkanes) is 1. The highest BCUT2D eigenvalue weighted by Crippen LogP contribution is 2.15. The minimum atomic E-state index is 0.674. The summed E-state index contributed by atoms with van der Waals surface area (Å²) in [5.41, 5.74) is 0. The van der Waals surface area contributed by atoms with Gasteiger partial charge >= 0.3 is 0 Å². The van der Waals surface area contributed by atoms with Gasteiger partial charge in [-0.05, 0) is 80.2 Å². The molecule has 0 amide bonds. The van der Waals surface area contributed by atoms with Crippen LogP contribution in [0.5, 0.6) is 0 Å². The van der Waals surface area contributed by atoms with Gasteiger partial charge in [0.2, 0.25) is 0 Å². The molecule has 1 aliphatic heterocycles. The molecule has 0 aromatic carbocycles. The molecule has 3 heteroatoms. The van der Waals surface area contributed by atoms with E-state index in [0.717, 1.165) is 12.1 Å². The van der Waals surface area contributed by atoms with Crippen LogP contribution >= 0.6 is 0 Å². The predicted octanol–water partition coefficient (Wildman–Crippen LogP) is 2.18. The molecule has 0 aromatic rings. The highest BCUT2D eigenvalue weighted by Gasteiger charge is 2.21. The van der Waals surface area contributed by atoms with Gasteiger partial charge in [-0.2, -0.15) is 0 Å². The van der Waals surface area contributed by atoms with Gasteiger partial charge in [-0.3, -0.25) is 0 Å². The molecule has 2 atom stereocenters. The molecule has 1 saturated heterocycles. The van der Waals surface area contributed by atoms with Crippen LogP contribution in [0.3, 0.4) is 0 Å². The normalized spacial score (nSPS) is 26.2. The van der Waals surface area contributed by atoms with E-state index < -0.39 is 0 Å². The topological polar surface area (TPSA) is 18.5 Å². The van der Waals surface area contributed by atoms with Crippen LogP contribution in [0, 0.1) is 0 Å². The average molecular weight is 255 g/mol. The van der Waals surface area contributed by atoms with Gasteiger partial charge in [0.05, 0.1) is 0 Å². The van der Waals surface area contributed by atoms with Crippen molar-refractivity contribution >= 4 is 0 Å². The summed E-state index contributed by atoms with van der Waals surface area (Å²) in [5.74, 6) is 0. The second-order valence-electron chi connectivity index (χ2n) is 6.29. The molecule has 1 fully saturated rings. The Balaban J connectivity index is 2.01. The maximum Gasteiger partial charge on any atom is 0.00940 e. The van der Waals surface area contributed by atoms with Crippen molar-refractivity contribution in [2.45, 2.75) is 64.6 Å². The van der Waals surface area contributed by atoms with Gasteiger partial charge in [-0.15, -0.1) is 0 Å². The first-order valence-electron chi connectivity index (χ1n) is 7.64. The zero-order chi connectivity index (χ0) is 13.5. The lowest BCUT2D eigenvalue weighted by atomic mass is 9.99.